The van der Waals surface area contributed by atoms with Crippen LogP contribution < -0.4 is 10.1 Å². The smallest absolute Gasteiger partial charge is 0.271 e. The summed E-state index contributed by atoms with van der Waals surface area (Å²) >= 11 is 1.22. The summed E-state index contributed by atoms with van der Waals surface area (Å²) in [7, 11) is 0. The van der Waals surface area contributed by atoms with Crippen LogP contribution in [0.2, 0.25) is 0 Å². The highest BCUT2D eigenvalue weighted by molar-refractivity contribution is 7.13. The normalized spacial score (nSPS) is 10.4. The van der Waals surface area contributed by atoms with Crippen LogP contribution in [0.25, 0.3) is 10.6 Å². The molecule has 6 heteroatoms. The number of thiazole rings is 1. The number of carbonyl (C=O) groups is 1. The van der Waals surface area contributed by atoms with Gasteiger partial charge in [0, 0.05) is 23.6 Å². The standard InChI is InChI=1S/C21H19FN2O2S/c1-3-9-23-20(25)19-13-27-21(24-19)17-8-7-16(11-18(17)22)26-12-15-6-4-5-14(2)10-15/h3-8,10-11,13H,1,9,12H2,2H3,(H,23,25). The maximum atomic E-state index is 14.5. The quantitative estimate of drug-likeness (QED) is 0.600. The van der Waals surface area contributed by atoms with Gasteiger partial charge in [0.15, 0.2) is 0 Å². The number of nitrogens with one attached hydrogen (secondary N) is 1. The van der Waals surface area contributed by atoms with Crippen LogP contribution in [0.15, 0.2) is 60.5 Å². The van der Waals surface area contributed by atoms with Crippen molar-refractivity contribution in [2.75, 3.05) is 6.54 Å². The van der Waals surface area contributed by atoms with Crippen molar-refractivity contribution in [2.24, 2.45) is 0 Å². The molecule has 0 spiro atoms. The van der Waals surface area contributed by atoms with Gasteiger partial charge in [-0.25, -0.2) is 9.37 Å². The molecular weight excluding hydrogens is 363 g/mol. The van der Waals surface area contributed by atoms with Crippen molar-refractivity contribution in [3.05, 3.63) is 83.1 Å². The third-order valence-corrected chi connectivity index (χ3v) is 4.68. The fourth-order valence-electron chi connectivity index (χ4n) is 2.48. The molecule has 27 heavy (non-hydrogen) atoms. The summed E-state index contributed by atoms with van der Waals surface area (Å²) < 4.78 is 20.2. The van der Waals surface area contributed by atoms with Crippen LogP contribution >= 0.6 is 11.3 Å². The Bertz CT molecular complexity index is 968. The van der Waals surface area contributed by atoms with Crippen molar-refractivity contribution >= 4 is 17.2 Å². The molecule has 4 nitrogen and oxygen atoms in total. The summed E-state index contributed by atoms with van der Waals surface area (Å²) in [5, 5.41) is 4.70. The maximum absolute atomic E-state index is 14.5. The monoisotopic (exact) mass is 382 g/mol. The Morgan fingerprint density at radius 1 is 1.33 bits per heavy atom. The third-order valence-electron chi connectivity index (χ3n) is 3.80. The van der Waals surface area contributed by atoms with Crippen LogP contribution in [0.3, 0.4) is 0 Å². The minimum Gasteiger partial charge on any atom is -0.489 e. The molecule has 0 saturated carbocycles. The van der Waals surface area contributed by atoms with E-state index in [0.717, 1.165) is 11.1 Å². The maximum Gasteiger partial charge on any atom is 0.271 e. The van der Waals surface area contributed by atoms with Gasteiger partial charge in [-0.05, 0) is 24.6 Å². The van der Waals surface area contributed by atoms with Gasteiger partial charge in [0.05, 0.1) is 0 Å². The van der Waals surface area contributed by atoms with Crippen molar-refractivity contribution in [1.82, 2.24) is 10.3 Å². The topological polar surface area (TPSA) is 51.2 Å². The molecule has 0 fully saturated rings. The van der Waals surface area contributed by atoms with E-state index < -0.39 is 5.82 Å². The van der Waals surface area contributed by atoms with Crippen LogP contribution in [0.1, 0.15) is 21.6 Å². The highest BCUT2D eigenvalue weighted by Gasteiger charge is 2.14. The third kappa shape index (κ3) is 4.80. The molecule has 3 rings (SSSR count). The van der Waals surface area contributed by atoms with Crippen molar-refractivity contribution in [2.45, 2.75) is 13.5 Å². The number of hydrogen-bond donors (Lipinski definition) is 1. The van der Waals surface area contributed by atoms with Gasteiger partial charge in [0.1, 0.15) is 28.9 Å². The van der Waals surface area contributed by atoms with E-state index in [1.54, 1.807) is 23.6 Å². The molecule has 2 aromatic carbocycles. The molecule has 0 aliphatic heterocycles. The molecular formula is C21H19FN2O2S. The first-order valence-corrected chi connectivity index (χ1v) is 9.27. The minimum absolute atomic E-state index is 0.260. The molecule has 0 radical (unpaired) electrons. The number of aryl methyl sites for hydroxylation is 1. The van der Waals surface area contributed by atoms with Gasteiger partial charge in [-0.15, -0.1) is 17.9 Å². The number of rotatable bonds is 7. The number of halogens is 1. The first-order valence-electron chi connectivity index (χ1n) is 8.39. The van der Waals surface area contributed by atoms with E-state index in [1.807, 2.05) is 31.2 Å². The number of amides is 1. The van der Waals surface area contributed by atoms with Crippen LogP contribution in [0, 0.1) is 12.7 Å². The number of hydrogen-bond acceptors (Lipinski definition) is 4. The zero-order valence-corrected chi connectivity index (χ0v) is 15.7. The summed E-state index contributed by atoms with van der Waals surface area (Å²) in [5.41, 5.74) is 2.77. The average molecular weight is 382 g/mol. The predicted octanol–water partition coefficient (Wildman–Crippen LogP) is 4.75. The number of aromatic nitrogens is 1. The van der Waals surface area contributed by atoms with Crippen LogP contribution in [0.5, 0.6) is 5.75 Å². The van der Waals surface area contributed by atoms with E-state index in [0.29, 0.717) is 29.5 Å². The summed E-state index contributed by atoms with van der Waals surface area (Å²) in [4.78, 5) is 16.1. The van der Waals surface area contributed by atoms with Crippen molar-refractivity contribution in [3.8, 4) is 16.3 Å². The van der Waals surface area contributed by atoms with Crippen LogP contribution in [0.4, 0.5) is 4.39 Å². The van der Waals surface area contributed by atoms with Gasteiger partial charge >= 0.3 is 0 Å². The largest absolute Gasteiger partial charge is 0.489 e. The molecule has 0 aliphatic carbocycles. The lowest BCUT2D eigenvalue weighted by atomic mass is 10.1. The van der Waals surface area contributed by atoms with E-state index >= 15 is 0 Å². The molecule has 3 aromatic rings. The van der Waals surface area contributed by atoms with Gasteiger partial charge in [0.2, 0.25) is 0 Å². The molecule has 0 aliphatic rings. The Labute approximate surface area is 161 Å². The van der Waals surface area contributed by atoms with Crippen molar-refractivity contribution in [1.29, 1.82) is 0 Å². The molecule has 1 heterocycles. The molecule has 1 aromatic heterocycles. The molecule has 0 unspecified atom stereocenters. The molecule has 138 valence electrons. The first-order chi connectivity index (χ1) is 13.1. The van der Waals surface area contributed by atoms with Gasteiger partial charge in [-0.2, -0.15) is 0 Å². The Balaban J connectivity index is 1.70. The fraction of sp³-hybridized carbons (Fsp3) is 0.143. The van der Waals surface area contributed by atoms with Crippen LogP contribution in [-0.4, -0.2) is 17.4 Å². The Morgan fingerprint density at radius 2 is 2.19 bits per heavy atom. The van der Waals surface area contributed by atoms with Crippen LogP contribution in [-0.2, 0) is 6.61 Å². The van der Waals surface area contributed by atoms with Gasteiger partial charge in [0.25, 0.3) is 5.91 Å². The van der Waals surface area contributed by atoms with Gasteiger partial charge < -0.3 is 10.1 Å². The molecule has 1 N–H and O–H groups in total. The molecule has 0 atom stereocenters. The van der Waals surface area contributed by atoms with Crippen molar-refractivity contribution in [3.63, 3.8) is 0 Å². The lowest BCUT2D eigenvalue weighted by Gasteiger charge is -2.08. The van der Waals surface area contributed by atoms with Gasteiger partial charge in [-0.3, -0.25) is 4.79 Å². The number of nitrogens with zero attached hydrogens (tertiary/aromatic N) is 1. The average Bonchev–Trinajstić information content (AvgIpc) is 3.14. The van der Waals surface area contributed by atoms with E-state index in [9.17, 15) is 9.18 Å². The summed E-state index contributed by atoms with van der Waals surface area (Å²) in [5.74, 6) is -0.307. The summed E-state index contributed by atoms with van der Waals surface area (Å²) in [6.45, 7) is 6.28. The molecule has 0 saturated heterocycles. The molecule has 0 bridgehead atoms. The van der Waals surface area contributed by atoms with E-state index in [1.165, 1.54) is 17.4 Å². The lowest BCUT2D eigenvalue weighted by molar-refractivity contribution is 0.0954. The second-order valence-electron chi connectivity index (χ2n) is 5.96. The highest BCUT2D eigenvalue weighted by Crippen LogP contribution is 2.29. The second-order valence-corrected chi connectivity index (χ2v) is 6.81. The predicted molar refractivity (Wildman–Crippen MR) is 106 cm³/mol. The van der Waals surface area contributed by atoms with Crippen molar-refractivity contribution < 1.29 is 13.9 Å². The Hall–Kier alpha value is -2.99. The number of benzene rings is 2. The second kappa shape index (κ2) is 8.60. The van der Waals surface area contributed by atoms with Gasteiger partial charge in [-0.1, -0.05) is 35.9 Å². The van der Waals surface area contributed by atoms with E-state index in [2.05, 4.69) is 16.9 Å². The highest BCUT2D eigenvalue weighted by atomic mass is 32.1. The lowest BCUT2D eigenvalue weighted by Crippen LogP contribution is -2.23. The SMILES string of the molecule is C=CCNC(=O)c1csc(-c2ccc(OCc3cccc(C)c3)cc2F)n1. The number of carbonyl (C=O) groups excluding carboxylic acids is 1. The van der Waals surface area contributed by atoms with E-state index in [4.69, 9.17) is 4.74 Å². The zero-order valence-electron chi connectivity index (χ0n) is 14.9. The minimum atomic E-state index is -0.441. The first kappa shape index (κ1) is 18.8. The Kier molecular flexibility index (Phi) is 5.98. The summed E-state index contributed by atoms with van der Waals surface area (Å²) in [6.07, 6.45) is 1.58. The molecule has 1 amide bonds. The van der Waals surface area contributed by atoms with E-state index in [-0.39, 0.29) is 11.6 Å². The fourth-order valence-corrected chi connectivity index (χ4v) is 3.31. The Morgan fingerprint density at radius 3 is 2.93 bits per heavy atom. The summed E-state index contributed by atoms with van der Waals surface area (Å²) in [6, 6.07) is 12.6. The number of ether oxygens (including phenoxy) is 1. The zero-order chi connectivity index (χ0) is 19.2.